The van der Waals surface area contributed by atoms with Crippen molar-refractivity contribution >= 4 is 11.7 Å². The molecular formula is C25H39NO4. The van der Waals surface area contributed by atoms with Crippen LogP contribution in [0.15, 0.2) is 23.3 Å². The van der Waals surface area contributed by atoms with Crippen LogP contribution >= 0.6 is 0 Å². The van der Waals surface area contributed by atoms with Gasteiger partial charge in [0, 0.05) is 31.4 Å². The molecule has 1 heterocycles. The molecule has 0 aromatic carbocycles. The molecule has 1 amide bonds. The van der Waals surface area contributed by atoms with Gasteiger partial charge in [-0.3, -0.25) is 9.59 Å². The Morgan fingerprint density at radius 2 is 1.97 bits per heavy atom. The van der Waals surface area contributed by atoms with Crippen molar-refractivity contribution in [2.24, 2.45) is 29.1 Å². The molecule has 2 N–H and O–H groups in total. The summed E-state index contributed by atoms with van der Waals surface area (Å²) < 4.78 is 5.54. The zero-order valence-corrected chi connectivity index (χ0v) is 19.4. The fourth-order valence-electron chi connectivity index (χ4n) is 6.10. The van der Waals surface area contributed by atoms with Crippen molar-refractivity contribution in [3.05, 3.63) is 23.3 Å². The maximum atomic E-state index is 14.0. The van der Waals surface area contributed by atoms with E-state index < -0.39 is 17.6 Å². The fraction of sp³-hybridized carbons (Fsp3) is 0.760. The Kier molecular flexibility index (Phi) is 6.93. The number of methoxy groups -OCH3 is 1. The standard InChI is InChI=1S/C25H39NO4/c1-14(2)10-19-23-17(5)16(4)12-18-11-15(3)8-7-9-20(27)21(30-6)13-22(28)25(18,23)24(29)26-19/h11-12,14,17-21,23,27H,7-10,13H2,1-6H3,(H,26,29)/b15-11-/t17-,18+,19+,20+,21-,23+,25-/m1/s1. The van der Waals surface area contributed by atoms with E-state index in [0.29, 0.717) is 12.3 Å². The van der Waals surface area contributed by atoms with Crippen LogP contribution in [0.2, 0.25) is 0 Å². The molecule has 2 aliphatic carbocycles. The number of rotatable bonds is 3. The van der Waals surface area contributed by atoms with Gasteiger partial charge in [-0.05, 0) is 51.4 Å². The molecule has 5 heteroatoms. The van der Waals surface area contributed by atoms with Gasteiger partial charge in [-0.1, -0.05) is 44.1 Å². The topological polar surface area (TPSA) is 75.6 Å². The van der Waals surface area contributed by atoms with Gasteiger partial charge in [0.1, 0.15) is 5.41 Å². The SMILES string of the molecule is CO[C@@H]1CC(=O)[C@@]23C(=O)N[C@@H](CC(C)C)[C@@H]2[C@H](C)C(C)=C[C@@H]3/C=C(/C)CCC[C@@H]1O. The van der Waals surface area contributed by atoms with E-state index in [1.165, 1.54) is 11.1 Å². The van der Waals surface area contributed by atoms with E-state index in [0.717, 1.165) is 19.3 Å². The Morgan fingerprint density at radius 1 is 1.27 bits per heavy atom. The number of aliphatic hydroxyl groups excluding tert-OH is 1. The summed E-state index contributed by atoms with van der Waals surface area (Å²) in [4.78, 5) is 27.6. The van der Waals surface area contributed by atoms with Crippen molar-refractivity contribution in [2.75, 3.05) is 7.11 Å². The number of aliphatic hydroxyl groups is 1. The van der Waals surface area contributed by atoms with Gasteiger partial charge in [-0.2, -0.15) is 0 Å². The third-order valence-electron chi connectivity index (χ3n) is 7.72. The summed E-state index contributed by atoms with van der Waals surface area (Å²) in [5, 5.41) is 13.9. The molecule has 1 saturated heterocycles. The van der Waals surface area contributed by atoms with Crippen LogP contribution in [0.5, 0.6) is 0 Å². The fourth-order valence-corrected chi connectivity index (χ4v) is 6.10. The van der Waals surface area contributed by atoms with Gasteiger partial charge in [0.25, 0.3) is 0 Å². The molecule has 168 valence electrons. The maximum absolute atomic E-state index is 14.0. The maximum Gasteiger partial charge on any atom is 0.235 e. The van der Waals surface area contributed by atoms with Crippen molar-refractivity contribution in [1.82, 2.24) is 5.32 Å². The van der Waals surface area contributed by atoms with E-state index in [1.807, 2.05) is 0 Å². The Labute approximate surface area is 181 Å². The summed E-state index contributed by atoms with van der Waals surface area (Å²) in [5.74, 6) is -0.0146. The second-order valence-corrected chi connectivity index (χ2v) is 10.2. The van der Waals surface area contributed by atoms with E-state index in [-0.39, 0.29) is 41.9 Å². The molecule has 0 aromatic rings. The third kappa shape index (κ3) is 3.91. The monoisotopic (exact) mass is 417 g/mol. The molecule has 0 saturated carbocycles. The van der Waals surface area contributed by atoms with Crippen molar-refractivity contribution in [2.45, 2.75) is 85.0 Å². The molecule has 0 radical (unpaired) electrons. The predicted octanol–water partition coefficient (Wildman–Crippen LogP) is 3.81. The Morgan fingerprint density at radius 3 is 2.60 bits per heavy atom. The highest BCUT2D eigenvalue weighted by Gasteiger charge is 2.65. The van der Waals surface area contributed by atoms with Crippen molar-refractivity contribution < 1.29 is 19.4 Å². The number of amides is 1. The number of carbonyl (C=O) groups is 2. The molecule has 1 aliphatic heterocycles. The number of ketones is 1. The highest BCUT2D eigenvalue weighted by Crippen LogP contribution is 2.55. The quantitative estimate of drug-likeness (QED) is 0.541. The first-order valence-corrected chi connectivity index (χ1v) is 11.5. The summed E-state index contributed by atoms with van der Waals surface area (Å²) in [7, 11) is 1.54. The van der Waals surface area contributed by atoms with Gasteiger partial charge in [0.15, 0.2) is 5.78 Å². The summed E-state index contributed by atoms with van der Waals surface area (Å²) in [5.41, 5.74) is 1.30. The van der Waals surface area contributed by atoms with Crippen molar-refractivity contribution in [3.63, 3.8) is 0 Å². The van der Waals surface area contributed by atoms with Crippen LogP contribution in [0, 0.1) is 29.1 Å². The smallest absolute Gasteiger partial charge is 0.235 e. The molecule has 5 nitrogen and oxygen atoms in total. The molecule has 3 aliphatic rings. The predicted molar refractivity (Wildman–Crippen MR) is 118 cm³/mol. The minimum atomic E-state index is -1.12. The number of allylic oxidation sites excluding steroid dienone is 4. The molecular weight excluding hydrogens is 378 g/mol. The Balaban J connectivity index is 2.18. The first kappa shape index (κ1) is 23.2. The highest BCUT2D eigenvalue weighted by molar-refractivity contribution is 6.09. The third-order valence-corrected chi connectivity index (χ3v) is 7.72. The number of carbonyl (C=O) groups excluding carboxylic acids is 2. The average Bonchev–Trinajstić information content (AvgIpc) is 2.94. The number of Topliss-reactive ketones (excluding diaryl/α,β-unsaturated/α-hetero) is 1. The van der Waals surface area contributed by atoms with Crippen LogP contribution < -0.4 is 5.32 Å². The van der Waals surface area contributed by atoms with Gasteiger partial charge >= 0.3 is 0 Å². The molecule has 1 spiro atoms. The summed E-state index contributed by atoms with van der Waals surface area (Å²) in [6.07, 6.45) is 6.21. The minimum Gasteiger partial charge on any atom is -0.390 e. The van der Waals surface area contributed by atoms with Gasteiger partial charge in [-0.25, -0.2) is 0 Å². The molecule has 0 bridgehead atoms. The number of hydrogen-bond donors (Lipinski definition) is 2. The summed E-state index contributed by atoms with van der Waals surface area (Å²) in [6, 6.07) is -0.0210. The lowest BCUT2D eigenvalue weighted by Crippen LogP contribution is -2.53. The van der Waals surface area contributed by atoms with Crippen LogP contribution in [-0.4, -0.2) is 42.2 Å². The Hall–Kier alpha value is -1.46. The molecule has 0 aromatic heterocycles. The van der Waals surface area contributed by atoms with E-state index in [2.05, 4.69) is 52.1 Å². The van der Waals surface area contributed by atoms with Crippen molar-refractivity contribution in [1.29, 1.82) is 0 Å². The lowest BCUT2D eigenvalue weighted by Gasteiger charge is -2.45. The van der Waals surface area contributed by atoms with E-state index in [4.69, 9.17) is 4.74 Å². The number of nitrogens with one attached hydrogen (secondary N) is 1. The van der Waals surface area contributed by atoms with Crippen LogP contribution in [0.4, 0.5) is 0 Å². The van der Waals surface area contributed by atoms with Gasteiger partial charge in [-0.15, -0.1) is 0 Å². The second-order valence-electron chi connectivity index (χ2n) is 10.2. The Bertz CT molecular complexity index is 739. The van der Waals surface area contributed by atoms with Crippen molar-refractivity contribution in [3.8, 4) is 0 Å². The largest absolute Gasteiger partial charge is 0.390 e. The first-order valence-electron chi connectivity index (χ1n) is 11.5. The van der Waals surface area contributed by atoms with Crippen LogP contribution in [0.25, 0.3) is 0 Å². The summed E-state index contributed by atoms with van der Waals surface area (Å²) >= 11 is 0. The second kappa shape index (κ2) is 8.96. The molecule has 1 fully saturated rings. The van der Waals surface area contributed by atoms with E-state index >= 15 is 0 Å². The van der Waals surface area contributed by atoms with Gasteiger partial charge in [0.05, 0.1) is 12.2 Å². The minimum absolute atomic E-state index is 0.0210. The zero-order valence-electron chi connectivity index (χ0n) is 19.4. The summed E-state index contributed by atoms with van der Waals surface area (Å²) in [6.45, 7) is 10.7. The number of hydrogen-bond acceptors (Lipinski definition) is 4. The average molecular weight is 418 g/mol. The lowest BCUT2D eigenvalue weighted by molar-refractivity contribution is -0.148. The van der Waals surface area contributed by atoms with Gasteiger partial charge < -0.3 is 15.2 Å². The molecule has 3 rings (SSSR count). The van der Waals surface area contributed by atoms with Crippen LogP contribution in [0.3, 0.4) is 0 Å². The lowest BCUT2D eigenvalue weighted by atomic mass is 9.54. The molecule has 0 unspecified atom stereocenters. The van der Waals surface area contributed by atoms with Crippen LogP contribution in [-0.2, 0) is 14.3 Å². The first-order chi connectivity index (χ1) is 14.1. The van der Waals surface area contributed by atoms with Crippen LogP contribution in [0.1, 0.15) is 66.7 Å². The molecule has 30 heavy (non-hydrogen) atoms. The normalized spacial score (nSPS) is 41.9. The highest BCUT2D eigenvalue weighted by atomic mass is 16.5. The molecule has 7 atom stereocenters. The van der Waals surface area contributed by atoms with Gasteiger partial charge in [0.2, 0.25) is 5.91 Å². The number of ether oxygens (including phenoxy) is 1. The zero-order chi connectivity index (χ0) is 22.2. The van der Waals surface area contributed by atoms with E-state index in [1.54, 1.807) is 7.11 Å². The van der Waals surface area contributed by atoms with E-state index in [9.17, 15) is 14.7 Å².